The summed E-state index contributed by atoms with van der Waals surface area (Å²) in [4.78, 5) is 29.6. The molecule has 2 saturated heterocycles. The van der Waals surface area contributed by atoms with Gasteiger partial charge in [-0.2, -0.15) is 5.26 Å². The van der Waals surface area contributed by atoms with Crippen LogP contribution in [-0.4, -0.2) is 68.1 Å². The van der Waals surface area contributed by atoms with Crippen LogP contribution in [0, 0.1) is 34.4 Å². The minimum absolute atomic E-state index is 0.0957. The number of ketones is 1. The number of nitrogens with zero attached hydrogens (tertiary/aromatic N) is 8. The standard InChI is InChI=1S/C31H33FN8O2/c1-18(2)28(20-9-22(41)10-20)40-15-31(16-40)7-8-39(14-31)29-30(38-36-17-35-29)42-25-6-5-21(32)11-23(25)24-13-34-26(12-33)37-27(24)19-3-4-19/h5-6,11,13,17-20,28H,3-4,7-10,14-16H2,1-2H3. The van der Waals surface area contributed by atoms with Crippen LogP contribution in [0.2, 0.25) is 0 Å². The third kappa shape index (κ3) is 4.87. The van der Waals surface area contributed by atoms with Crippen LogP contribution >= 0.6 is 0 Å². The molecule has 4 aliphatic rings. The first-order valence-electron chi connectivity index (χ1n) is 14.8. The number of carbonyl (C=O) groups excluding carboxylic acids is 1. The second-order valence-electron chi connectivity index (χ2n) is 12.7. The van der Waals surface area contributed by atoms with Crippen molar-refractivity contribution in [1.29, 1.82) is 5.26 Å². The number of hydrogen-bond donors (Lipinski definition) is 0. The first-order valence-corrected chi connectivity index (χ1v) is 14.8. The summed E-state index contributed by atoms with van der Waals surface area (Å²) in [5.74, 6) is 2.53. The monoisotopic (exact) mass is 568 g/mol. The topological polar surface area (TPSA) is 121 Å². The molecule has 7 rings (SSSR count). The van der Waals surface area contributed by atoms with Crippen LogP contribution in [0.5, 0.6) is 11.6 Å². The molecule has 10 nitrogen and oxygen atoms in total. The fourth-order valence-corrected chi connectivity index (χ4v) is 7.20. The van der Waals surface area contributed by atoms with Crippen molar-refractivity contribution in [3.05, 3.63) is 48.1 Å². The van der Waals surface area contributed by atoms with E-state index in [-0.39, 0.29) is 23.0 Å². The highest BCUT2D eigenvalue weighted by Gasteiger charge is 2.52. The van der Waals surface area contributed by atoms with Gasteiger partial charge in [0.1, 0.15) is 29.7 Å². The number of likely N-dealkylation sites (tertiary alicyclic amines) is 1. The highest BCUT2D eigenvalue weighted by atomic mass is 19.1. The number of Topliss-reactive ketones (excluding diaryl/α,β-unsaturated/α-hetero) is 1. The van der Waals surface area contributed by atoms with Crippen molar-refractivity contribution >= 4 is 11.6 Å². The largest absolute Gasteiger partial charge is 0.434 e. The van der Waals surface area contributed by atoms with Crippen LogP contribution in [0.1, 0.15) is 63.4 Å². The average molecular weight is 569 g/mol. The summed E-state index contributed by atoms with van der Waals surface area (Å²) in [5.41, 5.74) is 2.05. The zero-order valence-electron chi connectivity index (χ0n) is 23.8. The number of benzene rings is 1. The van der Waals surface area contributed by atoms with Crippen LogP contribution in [0.4, 0.5) is 10.2 Å². The Labute approximate surface area is 244 Å². The zero-order chi connectivity index (χ0) is 29.0. The highest BCUT2D eigenvalue weighted by molar-refractivity contribution is 5.84. The first kappa shape index (κ1) is 26.8. The molecule has 11 heteroatoms. The van der Waals surface area contributed by atoms with E-state index in [0.29, 0.717) is 59.2 Å². The predicted molar refractivity (Wildman–Crippen MR) is 151 cm³/mol. The number of carbonyl (C=O) groups is 1. The first-order chi connectivity index (χ1) is 20.3. The molecule has 4 fully saturated rings. The van der Waals surface area contributed by atoms with Gasteiger partial charge in [0.2, 0.25) is 5.82 Å². The van der Waals surface area contributed by atoms with Gasteiger partial charge in [-0.25, -0.2) is 19.3 Å². The van der Waals surface area contributed by atoms with Gasteiger partial charge in [0.05, 0.1) is 5.69 Å². The van der Waals surface area contributed by atoms with E-state index in [4.69, 9.17) is 4.74 Å². The molecular formula is C31H33FN8O2. The number of nitriles is 1. The van der Waals surface area contributed by atoms with Crippen molar-refractivity contribution in [3.63, 3.8) is 0 Å². The predicted octanol–water partition coefficient (Wildman–Crippen LogP) is 4.52. The van der Waals surface area contributed by atoms with E-state index < -0.39 is 5.82 Å². The van der Waals surface area contributed by atoms with Crippen molar-refractivity contribution < 1.29 is 13.9 Å². The molecule has 0 bridgehead atoms. The second-order valence-corrected chi connectivity index (χ2v) is 12.7. The third-order valence-electron chi connectivity index (χ3n) is 9.27. The molecule has 3 aromatic rings. The molecule has 2 saturated carbocycles. The summed E-state index contributed by atoms with van der Waals surface area (Å²) >= 11 is 0. The van der Waals surface area contributed by atoms with Crippen LogP contribution < -0.4 is 9.64 Å². The van der Waals surface area contributed by atoms with Crippen molar-refractivity contribution in [2.45, 2.75) is 57.9 Å². The van der Waals surface area contributed by atoms with Crippen molar-refractivity contribution in [1.82, 2.24) is 30.0 Å². The summed E-state index contributed by atoms with van der Waals surface area (Å²) in [5, 5.41) is 17.6. The van der Waals surface area contributed by atoms with Crippen molar-refractivity contribution in [3.8, 4) is 28.8 Å². The lowest BCUT2D eigenvalue weighted by Gasteiger charge is -2.55. The van der Waals surface area contributed by atoms with Crippen LogP contribution in [-0.2, 0) is 4.79 Å². The Hall–Kier alpha value is -4.04. The maximum Gasteiger partial charge on any atom is 0.282 e. The Morgan fingerprint density at radius 3 is 2.67 bits per heavy atom. The SMILES string of the molecule is CC(C)C(C1CC(=O)C1)N1CC2(CCN(c3ncnnc3Oc3ccc(F)cc3-c3cnc(C#N)nc3C3CC3)C2)C1. The quantitative estimate of drug-likeness (QED) is 0.383. The molecule has 4 heterocycles. The second kappa shape index (κ2) is 10.3. The van der Waals surface area contributed by atoms with Crippen molar-refractivity contribution in [2.24, 2.45) is 17.3 Å². The van der Waals surface area contributed by atoms with E-state index in [1.54, 1.807) is 12.3 Å². The molecule has 0 amide bonds. The molecule has 2 aliphatic carbocycles. The maximum absolute atomic E-state index is 14.5. The molecule has 216 valence electrons. The molecule has 1 atom stereocenters. The van der Waals surface area contributed by atoms with E-state index in [0.717, 1.165) is 51.1 Å². The lowest BCUT2D eigenvalue weighted by molar-refractivity contribution is -0.133. The summed E-state index contributed by atoms with van der Waals surface area (Å²) in [6.45, 7) is 8.20. The highest BCUT2D eigenvalue weighted by Crippen LogP contribution is 2.48. The Morgan fingerprint density at radius 2 is 1.95 bits per heavy atom. The van der Waals surface area contributed by atoms with Gasteiger partial charge in [-0.05, 0) is 49.3 Å². The van der Waals surface area contributed by atoms with Crippen LogP contribution in [0.25, 0.3) is 11.1 Å². The third-order valence-corrected chi connectivity index (χ3v) is 9.27. The number of rotatable bonds is 8. The van der Waals surface area contributed by atoms with E-state index in [9.17, 15) is 14.4 Å². The minimum Gasteiger partial charge on any atom is -0.434 e. The Morgan fingerprint density at radius 1 is 1.14 bits per heavy atom. The molecule has 0 N–H and O–H groups in total. The molecule has 1 spiro atoms. The van der Waals surface area contributed by atoms with Crippen LogP contribution in [0.3, 0.4) is 0 Å². The lowest BCUT2D eigenvalue weighted by Crippen LogP contribution is -2.64. The van der Waals surface area contributed by atoms with Gasteiger partial charge < -0.3 is 9.64 Å². The number of anilines is 1. The van der Waals surface area contributed by atoms with E-state index in [2.05, 4.69) is 48.8 Å². The van der Waals surface area contributed by atoms with Gasteiger partial charge in [0.15, 0.2) is 5.82 Å². The smallest absolute Gasteiger partial charge is 0.282 e. The lowest BCUT2D eigenvalue weighted by atomic mass is 9.70. The molecule has 2 aromatic heterocycles. The number of halogens is 1. The van der Waals surface area contributed by atoms with Gasteiger partial charge in [-0.15, -0.1) is 10.2 Å². The maximum atomic E-state index is 14.5. The minimum atomic E-state index is -0.414. The Bertz CT molecular complexity index is 1570. The van der Waals surface area contributed by atoms with E-state index in [1.165, 1.54) is 18.5 Å². The molecule has 42 heavy (non-hydrogen) atoms. The number of aromatic nitrogens is 5. The molecule has 1 unspecified atom stereocenters. The van der Waals surface area contributed by atoms with Gasteiger partial charge in [0, 0.05) is 73.7 Å². The molecule has 1 aromatic carbocycles. The zero-order valence-corrected chi connectivity index (χ0v) is 23.8. The fraction of sp³-hybridized carbons (Fsp3) is 0.516. The Balaban J connectivity index is 1.12. The normalized spacial score (nSPS) is 20.8. The number of ether oxygens (including phenoxy) is 1. The van der Waals surface area contributed by atoms with Gasteiger partial charge in [-0.1, -0.05) is 13.8 Å². The van der Waals surface area contributed by atoms with E-state index >= 15 is 0 Å². The molecular weight excluding hydrogens is 535 g/mol. The molecule has 0 radical (unpaired) electrons. The summed E-state index contributed by atoms with van der Waals surface area (Å²) < 4.78 is 20.9. The summed E-state index contributed by atoms with van der Waals surface area (Å²) in [6.07, 6.45) is 7.40. The van der Waals surface area contributed by atoms with Gasteiger partial charge in [-0.3, -0.25) is 9.69 Å². The molecule has 2 aliphatic heterocycles. The Kier molecular flexibility index (Phi) is 6.61. The van der Waals surface area contributed by atoms with Gasteiger partial charge >= 0.3 is 0 Å². The number of hydrogen-bond acceptors (Lipinski definition) is 10. The summed E-state index contributed by atoms with van der Waals surface area (Å²) in [7, 11) is 0. The van der Waals surface area contributed by atoms with E-state index in [1.807, 2.05) is 6.07 Å². The fourth-order valence-electron chi connectivity index (χ4n) is 7.20. The van der Waals surface area contributed by atoms with Gasteiger partial charge in [0.25, 0.3) is 5.88 Å². The van der Waals surface area contributed by atoms with Crippen LogP contribution in [0.15, 0.2) is 30.7 Å². The average Bonchev–Trinajstić information content (AvgIpc) is 3.71. The summed E-state index contributed by atoms with van der Waals surface area (Å²) in [6, 6.07) is 6.78. The van der Waals surface area contributed by atoms with Crippen molar-refractivity contribution in [2.75, 3.05) is 31.1 Å².